The van der Waals surface area contributed by atoms with Crippen LogP contribution in [0.2, 0.25) is 0 Å². The van der Waals surface area contributed by atoms with Gasteiger partial charge in [0.1, 0.15) is 5.54 Å². The standard InChI is InChI=1S/C19H21N2OP/c20-16-19(14-8-3-9-15-19)21-23(22,17-10-4-1-5-11-17)18-12-6-2-7-13-18/h1-2,4-7,10-13H,3,8-9,14-15H2,(H,21,22). The zero-order valence-corrected chi connectivity index (χ0v) is 14.0. The normalized spacial score (nSPS) is 17.3. The second-order valence-electron chi connectivity index (χ2n) is 6.15. The van der Waals surface area contributed by atoms with Crippen molar-refractivity contribution in [1.82, 2.24) is 5.09 Å². The number of hydrogen-bond acceptors (Lipinski definition) is 2. The molecular weight excluding hydrogens is 303 g/mol. The molecule has 0 bridgehead atoms. The summed E-state index contributed by atoms with van der Waals surface area (Å²) < 4.78 is 14.0. The molecular formula is C19H21N2OP. The minimum absolute atomic E-state index is 0.695. The van der Waals surface area contributed by atoms with Crippen LogP contribution in [0, 0.1) is 11.3 Å². The van der Waals surface area contributed by atoms with Gasteiger partial charge in [-0.25, -0.2) is 5.09 Å². The highest BCUT2D eigenvalue weighted by Crippen LogP contribution is 2.44. The average molecular weight is 324 g/mol. The lowest BCUT2D eigenvalue weighted by atomic mass is 9.84. The van der Waals surface area contributed by atoms with Crippen molar-refractivity contribution in [2.24, 2.45) is 0 Å². The highest BCUT2D eigenvalue weighted by molar-refractivity contribution is 7.77. The SMILES string of the molecule is N#CC1(NP(=O)(c2ccccc2)c2ccccc2)CCCCC1. The van der Waals surface area contributed by atoms with Crippen LogP contribution in [-0.4, -0.2) is 5.54 Å². The van der Waals surface area contributed by atoms with Gasteiger partial charge in [0.25, 0.3) is 0 Å². The summed E-state index contributed by atoms with van der Waals surface area (Å²) in [5.74, 6) is 0. The second kappa shape index (κ2) is 6.71. The van der Waals surface area contributed by atoms with E-state index < -0.39 is 12.8 Å². The number of nitrogens with zero attached hydrogens (tertiary/aromatic N) is 1. The lowest BCUT2D eigenvalue weighted by Gasteiger charge is -2.35. The maximum absolute atomic E-state index is 14.0. The molecule has 0 saturated heterocycles. The zero-order chi connectivity index (χ0) is 16.2. The Bertz CT molecular complexity index is 687. The summed E-state index contributed by atoms with van der Waals surface area (Å²) in [6.07, 6.45) is 4.67. The fourth-order valence-electron chi connectivity index (χ4n) is 3.26. The van der Waals surface area contributed by atoms with Crippen molar-refractivity contribution >= 4 is 17.9 Å². The Hall–Kier alpha value is -1.88. The topological polar surface area (TPSA) is 52.9 Å². The lowest BCUT2D eigenvalue weighted by Crippen LogP contribution is -2.47. The average Bonchev–Trinajstić information content (AvgIpc) is 2.64. The maximum atomic E-state index is 14.0. The largest absolute Gasteiger partial charge is 0.296 e. The summed E-state index contributed by atoms with van der Waals surface area (Å²) in [6, 6.07) is 21.4. The summed E-state index contributed by atoms with van der Waals surface area (Å²) in [5, 5.41) is 14.6. The van der Waals surface area contributed by atoms with E-state index in [4.69, 9.17) is 0 Å². The Morgan fingerprint density at radius 1 is 0.870 bits per heavy atom. The molecule has 4 heteroatoms. The quantitative estimate of drug-likeness (QED) is 0.872. The number of benzene rings is 2. The fourth-order valence-corrected chi connectivity index (χ4v) is 5.88. The first-order valence-corrected chi connectivity index (χ1v) is 9.81. The van der Waals surface area contributed by atoms with Crippen LogP contribution >= 0.6 is 7.29 Å². The highest BCUT2D eigenvalue weighted by atomic mass is 31.2. The van der Waals surface area contributed by atoms with E-state index >= 15 is 0 Å². The zero-order valence-electron chi connectivity index (χ0n) is 13.1. The maximum Gasteiger partial charge on any atom is 0.205 e. The molecule has 0 unspecified atom stereocenters. The highest BCUT2D eigenvalue weighted by Gasteiger charge is 2.40. The number of hydrogen-bond donors (Lipinski definition) is 1. The van der Waals surface area contributed by atoms with E-state index in [9.17, 15) is 9.83 Å². The van der Waals surface area contributed by atoms with Crippen LogP contribution < -0.4 is 15.7 Å². The van der Waals surface area contributed by atoms with Gasteiger partial charge in [-0.3, -0.25) is 4.57 Å². The van der Waals surface area contributed by atoms with Crippen LogP contribution in [0.4, 0.5) is 0 Å². The van der Waals surface area contributed by atoms with Gasteiger partial charge >= 0.3 is 0 Å². The van der Waals surface area contributed by atoms with E-state index in [1.165, 1.54) is 0 Å². The molecule has 0 atom stereocenters. The van der Waals surface area contributed by atoms with Crippen molar-refractivity contribution in [3.8, 4) is 6.07 Å². The van der Waals surface area contributed by atoms with E-state index in [0.717, 1.165) is 42.7 Å². The Balaban J connectivity index is 2.06. The molecule has 1 fully saturated rings. The third-order valence-electron chi connectivity index (χ3n) is 4.53. The van der Waals surface area contributed by atoms with Gasteiger partial charge < -0.3 is 0 Å². The van der Waals surface area contributed by atoms with E-state index in [1.54, 1.807) is 0 Å². The van der Waals surface area contributed by atoms with E-state index in [2.05, 4.69) is 11.2 Å². The molecule has 0 amide bonds. The third kappa shape index (κ3) is 3.24. The predicted octanol–water partition coefficient (Wildman–Crippen LogP) is 3.73. The van der Waals surface area contributed by atoms with Gasteiger partial charge in [0.15, 0.2) is 0 Å². The van der Waals surface area contributed by atoms with Gasteiger partial charge in [-0.1, -0.05) is 55.7 Å². The van der Waals surface area contributed by atoms with E-state index in [-0.39, 0.29) is 0 Å². The molecule has 3 nitrogen and oxygen atoms in total. The molecule has 1 N–H and O–H groups in total. The summed E-state index contributed by atoms with van der Waals surface area (Å²) in [7, 11) is -3.05. The monoisotopic (exact) mass is 324 g/mol. The second-order valence-corrected chi connectivity index (χ2v) is 8.62. The first kappa shape index (κ1) is 16.0. The summed E-state index contributed by atoms with van der Waals surface area (Å²) in [4.78, 5) is 0. The fraction of sp³-hybridized carbons (Fsp3) is 0.316. The third-order valence-corrected chi connectivity index (χ3v) is 7.33. The molecule has 3 rings (SSSR count). The predicted molar refractivity (Wildman–Crippen MR) is 94.3 cm³/mol. The van der Waals surface area contributed by atoms with E-state index in [0.29, 0.717) is 0 Å². The Labute approximate surface area is 137 Å². The minimum atomic E-state index is -3.05. The molecule has 0 heterocycles. The van der Waals surface area contributed by atoms with Crippen LogP contribution in [0.1, 0.15) is 32.1 Å². The van der Waals surface area contributed by atoms with Crippen molar-refractivity contribution in [2.75, 3.05) is 0 Å². The molecule has 0 radical (unpaired) electrons. The van der Waals surface area contributed by atoms with Gasteiger partial charge in [-0.2, -0.15) is 5.26 Å². The van der Waals surface area contributed by atoms with Gasteiger partial charge in [0.2, 0.25) is 7.29 Å². The van der Waals surface area contributed by atoms with Crippen molar-refractivity contribution in [3.63, 3.8) is 0 Å². The van der Waals surface area contributed by atoms with Crippen LogP contribution in [0.5, 0.6) is 0 Å². The smallest absolute Gasteiger partial charge is 0.205 e. The van der Waals surface area contributed by atoms with E-state index in [1.807, 2.05) is 60.7 Å². The molecule has 2 aromatic rings. The molecule has 1 aliphatic rings. The molecule has 0 spiro atoms. The summed E-state index contributed by atoms with van der Waals surface area (Å²) in [6.45, 7) is 0. The molecule has 0 aromatic heterocycles. The van der Waals surface area contributed by atoms with Crippen molar-refractivity contribution < 1.29 is 4.57 Å². The van der Waals surface area contributed by atoms with Gasteiger partial charge in [0.05, 0.1) is 6.07 Å². The Kier molecular flexibility index (Phi) is 4.66. The van der Waals surface area contributed by atoms with Gasteiger partial charge in [-0.15, -0.1) is 0 Å². The summed E-state index contributed by atoms with van der Waals surface area (Å²) in [5.41, 5.74) is -0.695. The van der Waals surface area contributed by atoms with Crippen molar-refractivity contribution in [2.45, 2.75) is 37.6 Å². The lowest BCUT2D eigenvalue weighted by molar-refractivity contribution is 0.339. The molecule has 1 aliphatic carbocycles. The first-order chi connectivity index (χ1) is 11.2. The van der Waals surface area contributed by atoms with Crippen LogP contribution in [-0.2, 0) is 4.57 Å². The summed E-state index contributed by atoms with van der Waals surface area (Å²) >= 11 is 0. The number of nitriles is 1. The van der Waals surface area contributed by atoms with Crippen molar-refractivity contribution in [3.05, 3.63) is 60.7 Å². The molecule has 0 aliphatic heterocycles. The molecule has 23 heavy (non-hydrogen) atoms. The van der Waals surface area contributed by atoms with Crippen LogP contribution in [0.25, 0.3) is 0 Å². The van der Waals surface area contributed by atoms with Crippen LogP contribution in [0.3, 0.4) is 0 Å². The van der Waals surface area contributed by atoms with Gasteiger partial charge in [0, 0.05) is 10.6 Å². The molecule has 2 aromatic carbocycles. The van der Waals surface area contributed by atoms with Crippen molar-refractivity contribution in [1.29, 1.82) is 5.26 Å². The Morgan fingerprint density at radius 3 is 1.78 bits per heavy atom. The molecule has 118 valence electrons. The number of nitrogens with one attached hydrogen (secondary N) is 1. The number of rotatable bonds is 4. The molecule has 1 saturated carbocycles. The minimum Gasteiger partial charge on any atom is -0.296 e. The van der Waals surface area contributed by atoms with Crippen LogP contribution in [0.15, 0.2) is 60.7 Å². The van der Waals surface area contributed by atoms with Gasteiger partial charge in [-0.05, 0) is 37.1 Å². The Morgan fingerprint density at radius 2 is 1.35 bits per heavy atom. The first-order valence-electron chi connectivity index (χ1n) is 8.11.